The highest BCUT2D eigenvalue weighted by Crippen LogP contribution is 2.54. The lowest BCUT2D eigenvalue weighted by Crippen LogP contribution is -2.54. The highest BCUT2D eigenvalue weighted by Gasteiger charge is 2.53. The molecule has 0 saturated carbocycles. The Balaban J connectivity index is 1.98. The minimum atomic E-state index is -1.11. The minimum Gasteiger partial charge on any atom is -0.481 e. The van der Waals surface area contributed by atoms with Crippen molar-refractivity contribution in [3.8, 4) is 0 Å². The van der Waals surface area contributed by atoms with Crippen LogP contribution in [0.5, 0.6) is 0 Å². The molecule has 188 valence electrons. The van der Waals surface area contributed by atoms with E-state index in [1.54, 1.807) is 13.1 Å². The number of pyridine rings is 1. The van der Waals surface area contributed by atoms with Gasteiger partial charge in [0.05, 0.1) is 29.6 Å². The molecule has 5 nitrogen and oxygen atoms in total. The number of carbonyl (C=O) groups excluding carboxylic acids is 1. The van der Waals surface area contributed by atoms with Crippen molar-refractivity contribution in [3.05, 3.63) is 99.8 Å². The molecule has 1 saturated heterocycles. The Hall–Kier alpha value is -2.89. The zero-order chi connectivity index (χ0) is 26.0. The Bertz CT molecular complexity index is 1230. The summed E-state index contributed by atoms with van der Waals surface area (Å²) in [7, 11) is 0. The van der Waals surface area contributed by atoms with Gasteiger partial charge in [0.1, 0.15) is 0 Å². The molecule has 0 spiro atoms. The highest BCUT2D eigenvalue weighted by molar-refractivity contribution is 6.30. The summed E-state index contributed by atoms with van der Waals surface area (Å²) in [5, 5.41) is 11.0. The average Bonchev–Trinajstić information content (AvgIpc) is 2.83. The molecule has 4 atom stereocenters. The summed E-state index contributed by atoms with van der Waals surface area (Å²) < 4.78 is 0. The van der Waals surface area contributed by atoms with Crippen LogP contribution in [0.4, 0.5) is 0 Å². The number of carbonyl (C=O) groups is 2. The van der Waals surface area contributed by atoms with Crippen molar-refractivity contribution in [1.82, 2.24) is 9.88 Å². The molecule has 1 aromatic heterocycles. The second-order valence-electron chi connectivity index (χ2n) is 10.1. The summed E-state index contributed by atoms with van der Waals surface area (Å²) in [6, 6.07) is 20.1. The van der Waals surface area contributed by atoms with E-state index in [9.17, 15) is 14.7 Å². The first-order valence-corrected chi connectivity index (χ1v) is 12.8. The Labute approximate surface area is 222 Å². The van der Waals surface area contributed by atoms with E-state index in [1.165, 1.54) is 0 Å². The van der Waals surface area contributed by atoms with Gasteiger partial charge in [-0.25, -0.2) is 0 Å². The van der Waals surface area contributed by atoms with Crippen molar-refractivity contribution in [1.29, 1.82) is 0 Å². The zero-order valence-electron chi connectivity index (χ0n) is 20.6. The molecule has 0 radical (unpaired) electrons. The third-order valence-corrected chi connectivity index (χ3v) is 7.54. The molecule has 2 heterocycles. The van der Waals surface area contributed by atoms with Gasteiger partial charge in [-0.2, -0.15) is 0 Å². The monoisotopic (exact) mass is 524 g/mol. The fourth-order valence-corrected chi connectivity index (χ4v) is 5.87. The van der Waals surface area contributed by atoms with E-state index in [2.05, 4.69) is 18.8 Å². The summed E-state index contributed by atoms with van der Waals surface area (Å²) in [5.74, 6) is -1.37. The number of hydrogen-bond acceptors (Lipinski definition) is 3. The van der Waals surface area contributed by atoms with Crippen LogP contribution >= 0.6 is 23.2 Å². The summed E-state index contributed by atoms with van der Waals surface area (Å²) in [6.07, 6.45) is 1.83. The number of amides is 1. The van der Waals surface area contributed by atoms with Crippen molar-refractivity contribution in [2.75, 3.05) is 0 Å². The van der Waals surface area contributed by atoms with Gasteiger partial charge in [0.2, 0.25) is 5.91 Å². The number of nitrogens with zero attached hydrogens (tertiary/aromatic N) is 2. The lowest BCUT2D eigenvalue weighted by Gasteiger charge is -2.52. The molecular formula is C29H30Cl2N2O3. The molecule has 0 aliphatic carbocycles. The number of carboxylic acids is 1. The normalized spacial score (nSPS) is 23.1. The van der Waals surface area contributed by atoms with Gasteiger partial charge in [-0.1, -0.05) is 74.3 Å². The van der Waals surface area contributed by atoms with Crippen LogP contribution in [0, 0.1) is 11.3 Å². The van der Waals surface area contributed by atoms with Crippen LogP contribution in [0.25, 0.3) is 0 Å². The molecule has 1 N–H and O–H groups in total. The van der Waals surface area contributed by atoms with Gasteiger partial charge in [0, 0.05) is 22.2 Å². The van der Waals surface area contributed by atoms with Gasteiger partial charge in [0.25, 0.3) is 0 Å². The van der Waals surface area contributed by atoms with E-state index < -0.39 is 11.4 Å². The maximum Gasteiger partial charge on any atom is 0.304 e. The fourth-order valence-electron chi connectivity index (χ4n) is 5.54. The van der Waals surface area contributed by atoms with Gasteiger partial charge >= 0.3 is 5.97 Å². The third-order valence-electron chi connectivity index (χ3n) is 7.05. The molecule has 3 aromatic rings. The highest BCUT2D eigenvalue weighted by atomic mass is 35.5. The molecule has 2 unspecified atom stereocenters. The molecule has 1 amide bonds. The molecule has 1 aliphatic rings. The predicted molar refractivity (Wildman–Crippen MR) is 142 cm³/mol. The minimum absolute atomic E-state index is 0.0193. The maximum absolute atomic E-state index is 14.4. The second kappa shape index (κ2) is 10.6. The molecular weight excluding hydrogens is 495 g/mol. The summed E-state index contributed by atoms with van der Waals surface area (Å²) in [4.78, 5) is 32.8. The Kier molecular flexibility index (Phi) is 7.72. The van der Waals surface area contributed by atoms with Gasteiger partial charge in [0.15, 0.2) is 0 Å². The molecule has 0 bridgehead atoms. The van der Waals surface area contributed by atoms with Gasteiger partial charge < -0.3 is 10.0 Å². The van der Waals surface area contributed by atoms with Crippen molar-refractivity contribution in [2.24, 2.45) is 11.3 Å². The molecule has 4 rings (SSSR count). The second-order valence-corrected chi connectivity index (χ2v) is 11.0. The van der Waals surface area contributed by atoms with E-state index in [4.69, 9.17) is 23.2 Å². The Morgan fingerprint density at radius 1 is 1.06 bits per heavy atom. The maximum atomic E-state index is 14.4. The van der Waals surface area contributed by atoms with Gasteiger partial charge in [-0.3, -0.25) is 14.6 Å². The van der Waals surface area contributed by atoms with Crippen LogP contribution in [-0.2, 0) is 9.59 Å². The Morgan fingerprint density at radius 2 is 1.78 bits per heavy atom. The quantitative estimate of drug-likeness (QED) is 0.351. The molecule has 1 fully saturated rings. The number of aromatic nitrogens is 1. The van der Waals surface area contributed by atoms with Crippen LogP contribution in [0.15, 0.2) is 72.9 Å². The van der Waals surface area contributed by atoms with Crippen LogP contribution < -0.4 is 0 Å². The number of rotatable bonds is 7. The lowest BCUT2D eigenvalue weighted by atomic mass is 9.66. The van der Waals surface area contributed by atoms with Crippen LogP contribution in [0.2, 0.25) is 10.0 Å². The van der Waals surface area contributed by atoms with Gasteiger partial charge in [-0.05, 0) is 59.9 Å². The smallest absolute Gasteiger partial charge is 0.304 e. The number of aliphatic carboxylic acids is 1. The predicted octanol–water partition coefficient (Wildman–Crippen LogP) is 7.32. The summed E-state index contributed by atoms with van der Waals surface area (Å²) in [5.41, 5.74) is 1.55. The van der Waals surface area contributed by atoms with E-state index in [-0.39, 0.29) is 36.2 Å². The number of carboxylic acid groups (broad SMARTS) is 1. The molecule has 7 heteroatoms. The SMILES string of the molecule is CC(C)[C@@H](c1ccccn1)N1C(=O)[C@@](C)(CC(=O)O)CC(c2cccc(Cl)c2)C1c1ccc(Cl)cc1. The third kappa shape index (κ3) is 5.28. The summed E-state index contributed by atoms with van der Waals surface area (Å²) >= 11 is 12.6. The van der Waals surface area contributed by atoms with E-state index in [0.29, 0.717) is 16.5 Å². The molecule has 2 aromatic carbocycles. The van der Waals surface area contributed by atoms with Crippen molar-refractivity contribution < 1.29 is 14.7 Å². The number of piperidine rings is 1. The van der Waals surface area contributed by atoms with Crippen molar-refractivity contribution >= 4 is 35.1 Å². The lowest BCUT2D eigenvalue weighted by molar-refractivity contribution is -0.162. The topological polar surface area (TPSA) is 70.5 Å². The Morgan fingerprint density at radius 3 is 2.36 bits per heavy atom. The van der Waals surface area contributed by atoms with Crippen molar-refractivity contribution in [2.45, 2.75) is 51.6 Å². The number of halogens is 2. The van der Waals surface area contributed by atoms with Crippen LogP contribution in [0.3, 0.4) is 0 Å². The first kappa shape index (κ1) is 26.2. The van der Waals surface area contributed by atoms with Crippen LogP contribution in [0.1, 0.15) is 68.4 Å². The van der Waals surface area contributed by atoms with Crippen LogP contribution in [-0.4, -0.2) is 26.9 Å². The van der Waals surface area contributed by atoms with Gasteiger partial charge in [-0.15, -0.1) is 0 Å². The number of benzene rings is 2. The number of hydrogen-bond donors (Lipinski definition) is 1. The zero-order valence-corrected chi connectivity index (χ0v) is 22.1. The number of likely N-dealkylation sites (tertiary alicyclic amines) is 1. The van der Waals surface area contributed by atoms with E-state index >= 15 is 0 Å². The standard InChI is InChI=1S/C29H30Cl2N2O3/c1-18(2)26(24-9-4-5-14-32-24)33-27(19-10-12-21(30)13-11-19)23(20-7-6-8-22(31)15-20)16-29(3,28(33)36)17-25(34)35/h4-15,18,23,26-27H,16-17H2,1-3H3,(H,34,35)/t23?,26-,27?,29+/m0/s1. The largest absolute Gasteiger partial charge is 0.481 e. The van der Waals surface area contributed by atoms with E-state index in [1.807, 2.05) is 71.6 Å². The summed E-state index contributed by atoms with van der Waals surface area (Å²) in [6.45, 7) is 5.88. The van der Waals surface area contributed by atoms with Crippen molar-refractivity contribution in [3.63, 3.8) is 0 Å². The van der Waals surface area contributed by atoms with E-state index in [0.717, 1.165) is 16.8 Å². The fraction of sp³-hybridized carbons (Fsp3) is 0.345. The first-order valence-electron chi connectivity index (χ1n) is 12.1. The molecule has 1 aliphatic heterocycles. The first-order chi connectivity index (χ1) is 17.1. The molecule has 36 heavy (non-hydrogen) atoms. The average molecular weight is 525 g/mol.